The number of carboxylic acids is 1. The summed E-state index contributed by atoms with van der Waals surface area (Å²) in [6.45, 7) is 0. The third-order valence-corrected chi connectivity index (χ3v) is 3.01. The normalized spacial score (nSPS) is 10.1. The fraction of sp³-hybridized carbons (Fsp3) is 0.0833. The van der Waals surface area contributed by atoms with Gasteiger partial charge in [0.1, 0.15) is 11.4 Å². The molecule has 0 saturated carbocycles. The molecule has 1 aromatic carbocycles. The molecule has 0 bridgehead atoms. The van der Waals surface area contributed by atoms with E-state index in [0.717, 1.165) is 15.5 Å². The van der Waals surface area contributed by atoms with Gasteiger partial charge in [0.15, 0.2) is 0 Å². The van der Waals surface area contributed by atoms with Crippen molar-refractivity contribution in [1.29, 1.82) is 0 Å². The first-order valence-electron chi connectivity index (χ1n) is 4.98. The second kappa shape index (κ2) is 5.45. The van der Waals surface area contributed by atoms with E-state index in [2.05, 4.69) is 9.97 Å². The van der Waals surface area contributed by atoms with E-state index in [9.17, 15) is 4.79 Å². The molecule has 1 aromatic heterocycles. The number of carbonyl (C=O) groups is 1. The average Bonchev–Trinajstić information content (AvgIpc) is 2.32. The molecule has 0 saturated heterocycles. The van der Waals surface area contributed by atoms with Crippen molar-refractivity contribution in [3.8, 4) is 0 Å². The second-order valence-electron chi connectivity index (χ2n) is 3.36. The summed E-state index contributed by atoms with van der Waals surface area (Å²) in [5.74, 6) is -0.818. The maximum atomic E-state index is 10.5. The second-order valence-corrected chi connectivity index (χ2v) is 4.46. The molecule has 2 rings (SSSR count). The summed E-state index contributed by atoms with van der Waals surface area (Å²) in [6, 6.07) is 9.25. The maximum Gasteiger partial charge on any atom is 0.307 e. The first-order valence-corrected chi connectivity index (χ1v) is 5.80. The Balaban J connectivity index is 2.06. The molecule has 0 radical (unpaired) electrons. The third kappa shape index (κ3) is 3.57. The number of aliphatic carboxylic acids is 1. The minimum Gasteiger partial charge on any atom is -0.481 e. The van der Waals surface area contributed by atoms with E-state index in [0.29, 0.717) is 0 Å². The standard InChI is InChI=1S/C12H10N2O2S/c15-12(16)7-9-1-3-10(4-2-9)17-11-5-6-13-8-14-11/h1-6,8H,7H2,(H,15,16). The van der Waals surface area contributed by atoms with Crippen LogP contribution in [-0.4, -0.2) is 21.0 Å². The van der Waals surface area contributed by atoms with Crippen molar-refractivity contribution in [3.05, 3.63) is 48.4 Å². The van der Waals surface area contributed by atoms with Crippen molar-refractivity contribution < 1.29 is 9.90 Å². The van der Waals surface area contributed by atoms with Gasteiger partial charge < -0.3 is 5.11 Å². The number of rotatable bonds is 4. The number of aromatic nitrogens is 2. The van der Waals surface area contributed by atoms with Crippen LogP contribution >= 0.6 is 11.8 Å². The monoisotopic (exact) mass is 246 g/mol. The highest BCUT2D eigenvalue weighted by atomic mass is 32.2. The molecular weight excluding hydrogens is 236 g/mol. The zero-order valence-electron chi connectivity index (χ0n) is 8.91. The number of hydrogen-bond acceptors (Lipinski definition) is 4. The van der Waals surface area contributed by atoms with Crippen molar-refractivity contribution >= 4 is 17.7 Å². The van der Waals surface area contributed by atoms with Crippen LogP contribution in [0.25, 0.3) is 0 Å². The lowest BCUT2D eigenvalue weighted by Gasteiger charge is -2.01. The summed E-state index contributed by atoms with van der Waals surface area (Å²) < 4.78 is 0. The molecule has 0 atom stereocenters. The van der Waals surface area contributed by atoms with Crippen molar-refractivity contribution in [2.45, 2.75) is 16.3 Å². The predicted octanol–water partition coefficient (Wildman–Crippen LogP) is 2.25. The number of nitrogens with zero attached hydrogens (tertiary/aromatic N) is 2. The highest BCUT2D eigenvalue weighted by Gasteiger charge is 2.01. The summed E-state index contributed by atoms with van der Waals surface area (Å²) in [6.07, 6.45) is 3.24. The molecule has 86 valence electrons. The lowest BCUT2D eigenvalue weighted by molar-refractivity contribution is -0.136. The van der Waals surface area contributed by atoms with Gasteiger partial charge in [0.2, 0.25) is 0 Å². The molecule has 0 aliphatic carbocycles. The lowest BCUT2D eigenvalue weighted by Crippen LogP contribution is -1.99. The van der Waals surface area contributed by atoms with Gasteiger partial charge in [-0.05, 0) is 23.8 Å². The van der Waals surface area contributed by atoms with E-state index in [4.69, 9.17) is 5.11 Å². The molecule has 0 aliphatic rings. The van der Waals surface area contributed by atoms with Gasteiger partial charge in [-0.3, -0.25) is 4.79 Å². The highest BCUT2D eigenvalue weighted by molar-refractivity contribution is 7.99. The Bertz CT molecular complexity index is 500. The van der Waals surface area contributed by atoms with Crippen LogP contribution < -0.4 is 0 Å². The van der Waals surface area contributed by atoms with Crippen LogP contribution in [0.4, 0.5) is 0 Å². The summed E-state index contributed by atoms with van der Waals surface area (Å²) in [5.41, 5.74) is 0.796. The maximum absolute atomic E-state index is 10.5. The topological polar surface area (TPSA) is 63.1 Å². The van der Waals surface area contributed by atoms with Crippen LogP contribution in [0.2, 0.25) is 0 Å². The van der Waals surface area contributed by atoms with Crippen molar-refractivity contribution in [1.82, 2.24) is 9.97 Å². The molecule has 0 amide bonds. The zero-order chi connectivity index (χ0) is 12.1. The molecule has 0 aliphatic heterocycles. The van der Waals surface area contributed by atoms with Crippen LogP contribution in [-0.2, 0) is 11.2 Å². The molecule has 17 heavy (non-hydrogen) atoms. The summed E-state index contributed by atoms with van der Waals surface area (Å²) in [7, 11) is 0. The summed E-state index contributed by atoms with van der Waals surface area (Å²) in [5, 5.41) is 9.52. The van der Waals surface area contributed by atoms with E-state index in [1.54, 1.807) is 6.20 Å². The first-order chi connectivity index (χ1) is 8.24. The van der Waals surface area contributed by atoms with Gasteiger partial charge in [-0.2, -0.15) is 0 Å². The first kappa shape index (κ1) is 11.6. The van der Waals surface area contributed by atoms with E-state index in [1.165, 1.54) is 18.1 Å². The van der Waals surface area contributed by atoms with Gasteiger partial charge in [0.05, 0.1) is 6.42 Å². The number of benzene rings is 1. The molecule has 0 spiro atoms. The molecule has 2 aromatic rings. The lowest BCUT2D eigenvalue weighted by atomic mass is 10.2. The average molecular weight is 246 g/mol. The van der Waals surface area contributed by atoms with Gasteiger partial charge in [-0.1, -0.05) is 23.9 Å². The van der Waals surface area contributed by atoms with Crippen LogP contribution in [0.15, 0.2) is 52.8 Å². The Morgan fingerprint density at radius 3 is 2.59 bits per heavy atom. The zero-order valence-corrected chi connectivity index (χ0v) is 9.72. The van der Waals surface area contributed by atoms with Gasteiger partial charge in [0, 0.05) is 11.1 Å². The minimum atomic E-state index is -0.818. The largest absolute Gasteiger partial charge is 0.481 e. The molecule has 1 N–H and O–H groups in total. The van der Waals surface area contributed by atoms with Crippen LogP contribution in [0.1, 0.15) is 5.56 Å². The molecule has 5 heteroatoms. The van der Waals surface area contributed by atoms with Crippen molar-refractivity contribution in [2.75, 3.05) is 0 Å². The van der Waals surface area contributed by atoms with E-state index in [-0.39, 0.29) is 6.42 Å². The fourth-order valence-corrected chi connectivity index (χ4v) is 2.05. The minimum absolute atomic E-state index is 0.0540. The highest BCUT2D eigenvalue weighted by Crippen LogP contribution is 2.25. The predicted molar refractivity (Wildman–Crippen MR) is 63.9 cm³/mol. The Kier molecular flexibility index (Phi) is 3.72. The van der Waals surface area contributed by atoms with Crippen LogP contribution in [0.3, 0.4) is 0 Å². The van der Waals surface area contributed by atoms with Crippen molar-refractivity contribution in [3.63, 3.8) is 0 Å². The summed E-state index contributed by atoms with van der Waals surface area (Å²) in [4.78, 5) is 19.5. The third-order valence-electron chi connectivity index (χ3n) is 2.06. The van der Waals surface area contributed by atoms with E-state index < -0.39 is 5.97 Å². The SMILES string of the molecule is O=C(O)Cc1ccc(Sc2ccncn2)cc1. The Hall–Kier alpha value is -1.88. The Labute approximate surface area is 103 Å². The van der Waals surface area contributed by atoms with E-state index >= 15 is 0 Å². The smallest absolute Gasteiger partial charge is 0.307 e. The van der Waals surface area contributed by atoms with Crippen LogP contribution in [0.5, 0.6) is 0 Å². The quantitative estimate of drug-likeness (QED) is 0.838. The molecule has 0 unspecified atom stereocenters. The van der Waals surface area contributed by atoms with Crippen LogP contribution in [0, 0.1) is 0 Å². The Morgan fingerprint density at radius 1 is 1.24 bits per heavy atom. The molecule has 0 fully saturated rings. The molecular formula is C12H10N2O2S. The number of carboxylic acid groups (broad SMARTS) is 1. The van der Waals surface area contributed by atoms with Gasteiger partial charge in [-0.15, -0.1) is 0 Å². The Morgan fingerprint density at radius 2 is 2.00 bits per heavy atom. The fourth-order valence-electron chi connectivity index (χ4n) is 1.31. The van der Waals surface area contributed by atoms with E-state index in [1.807, 2.05) is 30.3 Å². The van der Waals surface area contributed by atoms with Gasteiger partial charge in [-0.25, -0.2) is 9.97 Å². The molecule has 1 heterocycles. The number of hydrogen-bond donors (Lipinski definition) is 1. The molecule has 4 nitrogen and oxygen atoms in total. The van der Waals surface area contributed by atoms with Gasteiger partial charge >= 0.3 is 5.97 Å². The van der Waals surface area contributed by atoms with Crippen molar-refractivity contribution in [2.24, 2.45) is 0 Å². The summed E-state index contributed by atoms with van der Waals surface area (Å²) >= 11 is 1.52. The van der Waals surface area contributed by atoms with Gasteiger partial charge in [0.25, 0.3) is 0 Å².